The molecule has 0 radical (unpaired) electrons. The van der Waals surface area contributed by atoms with Crippen LogP contribution in [-0.2, 0) is 12.8 Å². The van der Waals surface area contributed by atoms with Gasteiger partial charge in [0, 0.05) is 18.0 Å². The van der Waals surface area contributed by atoms with Crippen molar-refractivity contribution >= 4 is 0 Å². The third-order valence-electron chi connectivity index (χ3n) is 4.59. The maximum absolute atomic E-state index is 6.17. The summed E-state index contributed by atoms with van der Waals surface area (Å²) in [6.45, 7) is 7.54. The number of fused-ring (bicyclic) bond motifs is 1. The maximum Gasteiger partial charge on any atom is 0.124 e. The fraction of sp³-hybridized carbons (Fsp3) is 0.429. The lowest BCUT2D eigenvalue weighted by Gasteiger charge is -2.38. The minimum atomic E-state index is -0.120. The Morgan fingerprint density at radius 2 is 1.87 bits per heavy atom. The minimum Gasteiger partial charge on any atom is -0.487 e. The Bertz CT molecular complexity index is 648. The number of rotatable bonds is 5. The van der Waals surface area contributed by atoms with E-state index in [4.69, 9.17) is 4.74 Å². The summed E-state index contributed by atoms with van der Waals surface area (Å²) in [5.41, 5.74) is 3.96. The van der Waals surface area contributed by atoms with Crippen LogP contribution in [0.5, 0.6) is 5.75 Å². The molecule has 0 spiro atoms. The molecule has 1 atom stereocenters. The van der Waals surface area contributed by atoms with Crippen LogP contribution in [0.4, 0.5) is 0 Å². The van der Waals surface area contributed by atoms with Gasteiger partial charge in [0.2, 0.25) is 0 Å². The van der Waals surface area contributed by atoms with E-state index in [9.17, 15) is 0 Å². The van der Waals surface area contributed by atoms with Crippen molar-refractivity contribution in [1.82, 2.24) is 5.32 Å². The molecule has 2 nitrogen and oxygen atoms in total. The fourth-order valence-corrected chi connectivity index (χ4v) is 3.34. The van der Waals surface area contributed by atoms with Crippen LogP contribution in [0, 0.1) is 0 Å². The molecule has 0 bridgehead atoms. The molecule has 1 heterocycles. The highest BCUT2D eigenvalue weighted by molar-refractivity contribution is 5.42. The lowest BCUT2D eigenvalue weighted by molar-refractivity contribution is 0.0661. The molecule has 0 aromatic heterocycles. The first kappa shape index (κ1) is 16.1. The van der Waals surface area contributed by atoms with Crippen molar-refractivity contribution in [3.05, 3.63) is 65.2 Å². The van der Waals surface area contributed by atoms with Crippen LogP contribution < -0.4 is 10.1 Å². The molecule has 1 aliphatic rings. The molecule has 0 fully saturated rings. The number of nitrogens with one attached hydrogen (secondary N) is 1. The number of ether oxygens (including phenoxy) is 1. The molecule has 3 rings (SSSR count). The van der Waals surface area contributed by atoms with E-state index in [0.29, 0.717) is 6.04 Å². The third kappa shape index (κ3) is 3.94. The predicted molar refractivity (Wildman–Crippen MR) is 96.0 cm³/mol. The zero-order valence-corrected chi connectivity index (χ0v) is 14.4. The van der Waals surface area contributed by atoms with Crippen LogP contribution in [0.25, 0.3) is 0 Å². The molecular weight excluding hydrogens is 282 g/mol. The van der Waals surface area contributed by atoms with E-state index in [1.165, 1.54) is 16.7 Å². The van der Waals surface area contributed by atoms with E-state index in [2.05, 4.69) is 74.6 Å². The predicted octanol–water partition coefficient (Wildman–Crippen LogP) is 4.68. The summed E-state index contributed by atoms with van der Waals surface area (Å²) >= 11 is 0. The van der Waals surface area contributed by atoms with Crippen molar-refractivity contribution in [1.29, 1.82) is 0 Å². The van der Waals surface area contributed by atoms with Crippen LogP contribution in [0.15, 0.2) is 48.5 Å². The Morgan fingerprint density at radius 1 is 1.09 bits per heavy atom. The van der Waals surface area contributed by atoms with Crippen LogP contribution in [0.3, 0.4) is 0 Å². The molecule has 2 aromatic carbocycles. The summed E-state index contributed by atoms with van der Waals surface area (Å²) in [5, 5.41) is 3.75. The zero-order valence-electron chi connectivity index (χ0n) is 14.4. The average Bonchev–Trinajstić information content (AvgIpc) is 2.54. The van der Waals surface area contributed by atoms with Crippen LogP contribution in [0.1, 0.15) is 49.9 Å². The molecule has 122 valence electrons. The second-order valence-corrected chi connectivity index (χ2v) is 7.03. The SMILES string of the molecule is CCc1ccc2c(c1)C(NCCc1ccccc1)CC(C)(C)O2. The lowest BCUT2D eigenvalue weighted by Crippen LogP contribution is -2.40. The van der Waals surface area contributed by atoms with Crippen molar-refractivity contribution in [2.24, 2.45) is 0 Å². The summed E-state index contributed by atoms with van der Waals surface area (Å²) in [4.78, 5) is 0. The van der Waals surface area contributed by atoms with Crippen molar-refractivity contribution in [3.63, 3.8) is 0 Å². The summed E-state index contributed by atoms with van der Waals surface area (Å²) < 4.78 is 6.17. The first-order valence-corrected chi connectivity index (χ1v) is 8.66. The van der Waals surface area contributed by atoms with E-state index in [1.807, 2.05) is 0 Å². The first-order valence-electron chi connectivity index (χ1n) is 8.66. The summed E-state index contributed by atoms with van der Waals surface area (Å²) in [7, 11) is 0. The second-order valence-electron chi connectivity index (χ2n) is 7.03. The Labute approximate surface area is 139 Å². The quantitative estimate of drug-likeness (QED) is 0.865. The standard InChI is InChI=1S/C21H27NO/c1-4-16-10-11-20-18(14-16)19(15-21(2,3)23-20)22-13-12-17-8-6-5-7-9-17/h5-11,14,19,22H,4,12-13,15H2,1-3H3. The van der Waals surface area contributed by atoms with Gasteiger partial charge in [-0.25, -0.2) is 0 Å². The van der Waals surface area contributed by atoms with Crippen molar-refractivity contribution < 1.29 is 4.74 Å². The first-order chi connectivity index (χ1) is 11.1. The van der Waals surface area contributed by atoms with E-state index in [1.54, 1.807) is 0 Å². The zero-order chi connectivity index (χ0) is 16.3. The average molecular weight is 309 g/mol. The van der Waals surface area contributed by atoms with E-state index >= 15 is 0 Å². The molecule has 1 aliphatic heterocycles. The van der Waals surface area contributed by atoms with Gasteiger partial charge in [0.1, 0.15) is 11.4 Å². The van der Waals surface area contributed by atoms with Gasteiger partial charge in [-0.1, -0.05) is 49.4 Å². The van der Waals surface area contributed by atoms with Gasteiger partial charge in [0.05, 0.1) is 0 Å². The molecule has 2 aromatic rings. The topological polar surface area (TPSA) is 21.3 Å². The molecule has 0 saturated carbocycles. The van der Waals surface area contributed by atoms with Gasteiger partial charge >= 0.3 is 0 Å². The Balaban J connectivity index is 1.73. The highest BCUT2D eigenvalue weighted by Crippen LogP contribution is 2.39. The largest absolute Gasteiger partial charge is 0.487 e. The van der Waals surface area contributed by atoms with Gasteiger partial charge in [0.15, 0.2) is 0 Å². The minimum absolute atomic E-state index is 0.120. The fourth-order valence-electron chi connectivity index (χ4n) is 3.34. The normalized spacial score (nSPS) is 19.0. The number of hydrogen-bond donors (Lipinski definition) is 1. The second kappa shape index (κ2) is 6.76. The van der Waals surface area contributed by atoms with Crippen LogP contribution >= 0.6 is 0 Å². The van der Waals surface area contributed by atoms with Gasteiger partial charge in [-0.15, -0.1) is 0 Å². The number of aryl methyl sites for hydroxylation is 1. The van der Waals surface area contributed by atoms with Crippen LogP contribution in [-0.4, -0.2) is 12.1 Å². The molecule has 0 amide bonds. The van der Waals surface area contributed by atoms with Crippen LogP contribution in [0.2, 0.25) is 0 Å². The molecule has 23 heavy (non-hydrogen) atoms. The summed E-state index contributed by atoms with van der Waals surface area (Å²) in [5.74, 6) is 1.04. The van der Waals surface area contributed by atoms with E-state index < -0.39 is 0 Å². The maximum atomic E-state index is 6.17. The summed E-state index contributed by atoms with van der Waals surface area (Å²) in [6.07, 6.45) is 3.12. The molecule has 1 N–H and O–H groups in total. The highest BCUT2D eigenvalue weighted by atomic mass is 16.5. The van der Waals surface area contributed by atoms with E-state index in [-0.39, 0.29) is 5.60 Å². The summed E-state index contributed by atoms with van der Waals surface area (Å²) in [6, 6.07) is 17.7. The molecule has 1 unspecified atom stereocenters. The Morgan fingerprint density at radius 3 is 2.61 bits per heavy atom. The molecular formula is C21H27NO. The molecule has 0 aliphatic carbocycles. The van der Waals surface area contributed by atoms with Gasteiger partial charge < -0.3 is 10.1 Å². The Hall–Kier alpha value is -1.80. The Kier molecular flexibility index (Phi) is 4.72. The number of hydrogen-bond acceptors (Lipinski definition) is 2. The monoisotopic (exact) mass is 309 g/mol. The van der Waals surface area contributed by atoms with Crippen molar-refractivity contribution in [2.75, 3.05) is 6.54 Å². The smallest absolute Gasteiger partial charge is 0.124 e. The van der Waals surface area contributed by atoms with Gasteiger partial charge in [0.25, 0.3) is 0 Å². The highest BCUT2D eigenvalue weighted by Gasteiger charge is 2.33. The molecule has 0 saturated heterocycles. The molecule has 2 heteroatoms. The van der Waals surface area contributed by atoms with Crippen molar-refractivity contribution in [3.8, 4) is 5.75 Å². The van der Waals surface area contributed by atoms with Gasteiger partial charge in [-0.05, 0) is 50.4 Å². The third-order valence-corrected chi connectivity index (χ3v) is 4.59. The number of benzene rings is 2. The van der Waals surface area contributed by atoms with Gasteiger partial charge in [-0.2, -0.15) is 0 Å². The van der Waals surface area contributed by atoms with Gasteiger partial charge in [-0.3, -0.25) is 0 Å². The van der Waals surface area contributed by atoms with E-state index in [0.717, 1.165) is 31.6 Å². The van der Waals surface area contributed by atoms with Crippen molar-refractivity contribution in [2.45, 2.75) is 51.7 Å². The lowest BCUT2D eigenvalue weighted by atomic mass is 9.88.